The van der Waals surface area contributed by atoms with Gasteiger partial charge in [-0.25, -0.2) is 0 Å². The van der Waals surface area contributed by atoms with Crippen LogP contribution in [0.5, 0.6) is 0 Å². The highest BCUT2D eigenvalue weighted by Gasteiger charge is 2.15. The molecule has 0 saturated heterocycles. The summed E-state index contributed by atoms with van der Waals surface area (Å²) in [5, 5.41) is 0. The van der Waals surface area contributed by atoms with Crippen molar-refractivity contribution in [2.75, 3.05) is 47.6 Å². The number of carbonyl (C=O) groups excluding carboxylic acids is 1. The van der Waals surface area contributed by atoms with Crippen molar-refractivity contribution in [3.05, 3.63) is 0 Å². The first kappa shape index (κ1) is 14.3. The van der Waals surface area contributed by atoms with E-state index in [4.69, 9.17) is 14.2 Å². The Hall–Kier alpha value is -0.650. The Morgan fingerprint density at radius 1 is 1.27 bits per heavy atom. The van der Waals surface area contributed by atoms with Crippen LogP contribution in [0.25, 0.3) is 0 Å². The molecular formula is C10H21NO4. The second-order valence-electron chi connectivity index (χ2n) is 3.27. The third-order valence-corrected chi connectivity index (χ3v) is 2.12. The molecule has 1 atom stereocenters. The number of rotatable bonds is 8. The average Bonchev–Trinajstić information content (AvgIpc) is 2.22. The van der Waals surface area contributed by atoms with E-state index in [9.17, 15) is 4.79 Å². The zero-order chi connectivity index (χ0) is 11.7. The number of hydrogen-bond acceptors (Lipinski definition) is 4. The molecule has 90 valence electrons. The van der Waals surface area contributed by atoms with Crippen LogP contribution < -0.4 is 0 Å². The zero-order valence-electron chi connectivity index (χ0n) is 9.99. The van der Waals surface area contributed by atoms with Gasteiger partial charge in [-0.1, -0.05) is 0 Å². The minimum Gasteiger partial charge on any atom is -0.383 e. The summed E-state index contributed by atoms with van der Waals surface area (Å²) in [7, 11) is 4.83. The Kier molecular flexibility index (Phi) is 8.27. The maximum absolute atomic E-state index is 11.3. The van der Waals surface area contributed by atoms with E-state index in [2.05, 4.69) is 0 Å². The molecule has 0 aliphatic rings. The highest BCUT2D eigenvalue weighted by atomic mass is 16.5. The molecule has 0 fully saturated rings. The molecule has 0 aromatic rings. The van der Waals surface area contributed by atoms with Crippen LogP contribution >= 0.6 is 0 Å². The lowest BCUT2D eigenvalue weighted by Crippen LogP contribution is -2.40. The Bertz CT molecular complexity index is 175. The Balaban J connectivity index is 4.06. The number of hydrogen-bond donors (Lipinski definition) is 0. The molecular weight excluding hydrogens is 198 g/mol. The van der Waals surface area contributed by atoms with Gasteiger partial charge in [0.15, 0.2) is 0 Å². The first-order chi connectivity index (χ1) is 7.15. The molecule has 0 aliphatic heterocycles. The fourth-order valence-corrected chi connectivity index (χ4v) is 1.21. The predicted octanol–water partition coefficient (Wildman–Crippen LogP) is 0.143. The van der Waals surface area contributed by atoms with Crippen LogP contribution in [0.2, 0.25) is 0 Å². The molecule has 0 spiro atoms. The van der Waals surface area contributed by atoms with Crippen LogP contribution in [0, 0.1) is 0 Å². The van der Waals surface area contributed by atoms with E-state index < -0.39 is 0 Å². The molecule has 0 aromatic heterocycles. The summed E-state index contributed by atoms with van der Waals surface area (Å²) in [6.07, 6.45) is -0.0873. The summed E-state index contributed by atoms with van der Waals surface area (Å²) in [6.45, 7) is 3.66. The minimum absolute atomic E-state index is 0.0187. The summed E-state index contributed by atoms with van der Waals surface area (Å²) < 4.78 is 15.1. The number of nitrogens with zero attached hydrogens (tertiary/aromatic N) is 1. The predicted molar refractivity (Wildman–Crippen MR) is 56.8 cm³/mol. The zero-order valence-corrected chi connectivity index (χ0v) is 9.99. The summed E-state index contributed by atoms with van der Waals surface area (Å²) in [4.78, 5) is 13.0. The minimum atomic E-state index is -0.0873. The highest BCUT2D eigenvalue weighted by Crippen LogP contribution is 1.98. The van der Waals surface area contributed by atoms with Gasteiger partial charge in [-0.15, -0.1) is 0 Å². The fraction of sp³-hybridized carbons (Fsp3) is 0.900. The van der Waals surface area contributed by atoms with E-state index >= 15 is 0 Å². The molecule has 0 aliphatic carbocycles. The summed E-state index contributed by atoms with van der Waals surface area (Å²) in [5.41, 5.74) is 0. The van der Waals surface area contributed by atoms with Gasteiger partial charge in [0.05, 0.1) is 19.3 Å². The first-order valence-electron chi connectivity index (χ1n) is 4.91. The molecule has 0 rings (SSSR count). The highest BCUT2D eigenvalue weighted by molar-refractivity contribution is 5.73. The van der Waals surface area contributed by atoms with Gasteiger partial charge in [0.2, 0.25) is 5.91 Å². The third-order valence-electron chi connectivity index (χ3n) is 2.12. The van der Waals surface area contributed by atoms with E-state index in [0.29, 0.717) is 26.3 Å². The summed E-state index contributed by atoms with van der Waals surface area (Å²) in [6, 6.07) is 0. The van der Waals surface area contributed by atoms with Gasteiger partial charge < -0.3 is 19.1 Å². The van der Waals surface area contributed by atoms with E-state index in [-0.39, 0.29) is 12.0 Å². The lowest BCUT2D eigenvalue weighted by Gasteiger charge is -2.25. The quantitative estimate of drug-likeness (QED) is 0.583. The van der Waals surface area contributed by atoms with Gasteiger partial charge >= 0.3 is 0 Å². The van der Waals surface area contributed by atoms with E-state index in [1.54, 1.807) is 26.2 Å². The lowest BCUT2D eigenvalue weighted by molar-refractivity contribution is -0.131. The second kappa shape index (κ2) is 8.64. The van der Waals surface area contributed by atoms with Crippen molar-refractivity contribution >= 4 is 5.91 Å². The molecule has 0 heterocycles. The first-order valence-corrected chi connectivity index (χ1v) is 4.91. The van der Waals surface area contributed by atoms with Gasteiger partial charge in [0, 0.05) is 41.3 Å². The Morgan fingerprint density at radius 3 is 2.33 bits per heavy atom. The third kappa shape index (κ3) is 6.43. The molecule has 0 radical (unpaired) electrons. The number of methoxy groups -OCH3 is 3. The van der Waals surface area contributed by atoms with Crippen LogP contribution in [-0.2, 0) is 19.0 Å². The van der Waals surface area contributed by atoms with E-state index in [1.165, 1.54) is 6.92 Å². The van der Waals surface area contributed by atoms with Gasteiger partial charge in [-0.2, -0.15) is 0 Å². The molecule has 0 saturated carbocycles. The van der Waals surface area contributed by atoms with Crippen molar-refractivity contribution in [3.63, 3.8) is 0 Å². The van der Waals surface area contributed by atoms with Gasteiger partial charge in [-0.3, -0.25) is 4.79 Å². The monoisotopic (exact) mass is 219 g/mol. The molecule has 0 bridgehead atoms. The molecule has 5 heteroatoms. The fourth-order valence-electron chi connectivity index (χ4n) is 1.21. The maximum atomic E-state index is 11.3. The van der Waals surface area contributed by atoms with Gasteiger partial charge in [0.1, 0.15) is 0 Å². The van der Waals surface area contributed by atoms with Crippen molar-refractivity contribution < 1.29 is 19.0 Å². The van der Waals surface area contributed by atoms with Crippen molar-refractivity contribution in [3.8, 4) is 0 Å². The van der Waals surface area contributed by atoms with Gasteiger partial charge in [0.25, 0.3) is 0 Å². The maximum Gasteiger partial charge on any atom is 0.219 e. The average molecular weight is 219 g/mol. The van der Waals surface area contributed by atoms with E-state index in [0.717, 1.165) is 0 Å². The lowest BCUT2D eigenvalue weighted by atomic mass is 10.3. The van der Waals surface area contributed by atoms with Gasteiger partial charge in [-0.05, 0) is 0 Å². The number of carbonyl (C=O) groups is 1. The van der Waals surface area contributed by atoms with Crippen LogP contribution in [0.4, 0.5) is 0 Å². The molecule has 5 nitrogen and oxygen atoms in total. The van der Waals surface area contributed by atoms with Crippen LogP contribution in [0.3, 0.4) is 0 Å². The number of ether oxygens (including phenoxy) is 3. The standard InChI is InChI=1S/C10H21NO4/c1-9(12)11(5-6-13-2)7-10(15-4)8-14-3/h10H,5-8H2,1-4H3. The topological polar surface area (TPSA) is 48.0 Å². The van der Waals surface area contributed by atoms with Crippen molar-refractivity contribution in [2.24, 2.45) is 0 Å². The van der Waals surface area contributed by atoms with Crippen LogP contribution in [0.1, 0.15) is 6.92 Å². The second-order valence-corrected chi connectivity index (χ2v) is 3.27. The summed E-state index contributed by atoms with van der Waals surface area (Å²) in [5.74, 6) is 0.0187. The Labute approximate surface area is 91.3 Å². The number of amides is 1. The molecule has 0 aromatic carbocycles. The van der Waals surface area contributed by atoms with Crippen LogP contribution in [0.15, 0.2) is 0 Å². The normalized spacial score (nSPS) is 12.5. The Morgan fingerprint density at radius 2 is 1.93 bits per heavy atom. The van der Waals surface area contributed by atoms with E-state index in [1.807, 2.05) is 0 Å². The van der Waals surface area contributed by atoms with Crippen molar-refractivity contribution in [1.82, 2.24) is 4.90 Å². The van der Waals surface area contributed by atoms with Crippen molar-refractivity contribution in [2.45, 2.75) is 13.0 Å². The SMILES string of the molecule is COCCN(CC(COC)OC)C(C)=O. The smallest absolute Gasteiger partial charge is 0.219 e. The molecule has 1 unspecified atom stereocenters. The van der Waals surface area contributed by atoms with Crippen molar-refractivity contribution in [1.29, 1.82) is 0 Å². The molecule has 1 amide bonds. The van der Waals surface area contributed by atoms with Crippen LogP contribution in [-0.4, -0.2) is 64.5 Å². The molecule has 15 heavy (non-hydrogen) atoms. The summed E-state index contributed by atoms with van der Waals surface area (Å²) >= 11 is 0. The largest absolute Gasteiger partial charge is 0.383 e. The molecule has 0 N–H and O–H groups in total.